The van der Waals surface area contributed by atoms with E-state index in [4.69, 9.17) is 4.74 Å². The van der Waals surface area contributed by atoms with Crippen molar-refractivity contribution in [3.05, 3.63) is 40.6 Å². The van der Waals surface area contributed by atoms with E-state index in [1.807, 2.05) is 0 Å². The maximum atomic E-state index is 13.7. The molecular weight excluding hydrogens is 598 g/mol. The van der Waals surface area contributed by atoms with Crippen molar-refractivity contribution in [2.24, 2.45) is 0 Å². The fourth-order valence-electron chi connectivity index (χ4n) is 5.01. The van der Waals surface area contributed by atoms with Crippen molar-refractivity contribution < 1.29 is 53.8 Å². The summed E-state index contributed by atoms with van der Waals surface area (Å²) in [5.41, 5.74) is 0.542. The van der Waals surface area contributed by atoms with Crippen molar-refractivity contribution in [3.63, 3.8) is 0 Å². The Balaban J connectivity index is 1.60. The van der Waals surface area contributed by atoms with E-state index in [2.05, 4.69) is 20.5 Å². The predicted molar refractivity (Wildman–Crippen MR) is 136 cm³/mol. The lowest BCUT2D eigenvalue weighted by Gasteiger charge is -2.35. The van der Waals surface area contributed by atoms with Gasteiger partial charge in [-0.25, -0.2) is 17.5 Å². The lowest BCUT2D eigenvalue weighted by Crippen LogP contribution is -2.49. The number of sulfone groups is 1. The largest absolute Gasteiger partial charge is 0.522 e. The summed E-state index contributed by atoms with van der Waals surface area (Å²) in [5, 5.41) is 9.65. The van der Waals surface area contributed by atoms with E-state index in [1.54, 1.807) is 6.07 Å². The highest BCUT2D eigenvalue weighted by Crippen LogP contribution is 2.44. The Morgan fingerprint density at radius 2 is 1.98 bits per heavy atom. The highest BCUT2D eigenvalue weighted by molar-refractivity contribution is 7.91. The molecule has 1 aliphatic heterocycles. The Morgan fingerprint density at radius 1 is 1.26 bits per heavy atom. The molecule has 0 radical (unpaired) electrons. The highest BCUT2D eigenvalue weighted by atomic mass is 32.2. The minimum atomic E-state index is -4.85. The number of hydrogen-bond donors (Lipinski definition) is 2. The molecule has 232 valence electrons. The third kappa shape index (κ3) is 7.17. The van der Waals surface area contributed by atoms with E-state index in [0.29, 0.717) is 24.0 Å². The van der Waals surface area contributed by atoms with Crippen LogP contribution in [0.3, 0.4) is 0 Å². The first-order valence-electron chi connectivity index (χ1n) is 12.8. The van der Waals surface area contributed by atoms with Gasteiger partial charge in [0.1, 0.15) is 22.9 Å². The summed E-state index contributed by atoms with van der Waals surface area (Å²) in [6.45, 7) is -1.35. The smallest absolute Gasteiger partial charge is 0.487 e. The first-order chi connectivity index (χ1) is 19.4. The van der Waals surface area contributed by atoms with Crippen LogP contribution in [0.25, 0.3) is 0 Å². The van der Waals surface area contributed by atoms with Crippen molar-refractivity contribution in [2.45, 2.75) is 63.1 Å². The fourth-order valence-corrected chi connectivity index (χ4v) is 5.55. The average Bonchev–Trinajstić information content (AvgIpc) is 3.36. The number of halogens is 6. The summed E-state index contributed by atoms with van der Waals surface area (Å²) in [4.78, 5) is 25.8. The first-order valence-corrected chi connectivity index (χ1v) is 14.8. The number of hydrogen-bond acceptors (Lipinski definition) is 7. The molecule has 2 amide bonds. The molecule has 0 bridgehead atoms. The molecule has 1 unspecified atom stereocenters. The number of amides is 2. The third-order valence-electron chi connectivity index (χ3n) is 6.93. The second kappa shape index (κ2) is 11.4. The van der Waals surface area contributed by atoms with Crippen LogP contribution in [0, 0.1) is 0 Å². The van der Waals surface area contributed by atoms with Gasteiger partial charge in [-0.2, -0.15) is 13.9 Å². The number of ether oxygens (including phenoxy) is 2. The Kier molecular flexibility index (Phi) is 8.57. The molecule has 17 heteroatoms. The molecule has 10 nitrogen and oxygen atoms in total. The molecule has 2 aromatic rings. The number of aromatic nitrogens is 2. The second-order valence-corrected chi connectivity index (χ2v) is 12.5. The van der Waals surface area contributed by atoms with Crippen LogP contribution in [0.5, 0.6) is 5.75 Å². The summed E-state index contributed by atoms with van der Waals surface area (Å²) in [7, 11) is -3.74. The van der Waals surface area contributed by atoms with Crippen LogP contribution in [-0.2, 0) is 44.3 Å². The van der Waals surface area contributed by atoms with Gasteiger partial charge < -0.3 is 15.4 Å². The van der Waals surface area contributed by atoms with Crippen molar-refractivity contribution in [1.82, 2.24) is 15.1 Å². The van der Waals surface area contributed by atoms with E-state index in [9.17, 15) is 44.3 Å². The summed E-state index contributed by atoms with van der Waals surface area (Å²) >= 11 is 0. The topological polar surface area (TPSA) is 129 Å². The van der Waals surface area contributed by atoms with Gasteiger partial charge in [0.05, 0.1) is 17.8 Å². The predicted octanol–water partition coefficient (Wildman–Crippen LogP) is 3.29. The fraction of sp³-hybridized carbons (Fsp3) is 0.560. The van der Waals surface area contributed by atoms with Crippen LogP contribution in [0.15, 0.2) is 18.2 Å². The zero-order valence-electron chi connectivity index (χ0n) is 22.5. The first kappa shape index (κ1) is 31.6. The molecule has 4 rings (SSSR count). The Morgan fingerprint density at radius 3 is 2.62 bits per heavy atom. The van der Waals surface area contributed by atoms with E-state index in [-0.39, 0.29) is 42.2 Å². The number of aryl methyl sites for hydroxylation is 2. The SMILES string of the molecule is CC(F)C(F)(F)COc1ccc2c(c1)CC[C@@]21Cc2nn(CCCOC(F)(F)F)c(NC(=O)CS(C)(=O)=O)c2C(=O)N1. The molecule has 2 heterocycles. The number of anilines is 1. The molecule has 1 aromatic carbocycles. The van der Waals surface area contributed by atoms with Crippen LogP contribution >= 0.6 is 0 Å². The van der Waals surface area contributed by atoms with Crippen molar-refractivity contribution in [3.8, 4) is 5.75 Å². The number of carbonyl (C=O) groups is 2. The quantitative estimate of drug-likeness (QED) is 0.290. The van der Waals surface area contributed by atoms with Gasteiger partial charge in [0, 0.05) is 19.2 Å². The zero-order valence-corrected chi connectivity index (χ0v) is 23.3. The van der Waals surface area contributed by atoms with E-state index < -0.39 is 64.6 Å². The summed E-state index contributed by atoms with van der Waals surface area (Å²) in [6, 6.07) is 4.55. The van der Waals surface area contributed by atoms with Gasteiger partial charge in [-0.05, 0) is 49.4 Å². The highest BCUT2D eigenvalue weighted by Gasteiger charge is 2.47. The van der Waals surface area contributed by atoms with Gasteiger partial charge in [0.25, 0.3) is 5.91 Å². The van der Waals surface area contributed by atoms with Gasteiger partial charge in [-0.1, -0.05) is 6.07 Å². The van der Waals surface area contributed by atoms with E-state index in [1.165, 1.54) is 12.1 Å². The van der Waals surface area contributed by atoms with E-state index in [0.717, 1.165) is 17.9 Å². The monoisotopic (exact) mass is 626 g/mol. The normalized spacial score (nSPS) is 19.3. The number of nitrogens with one attached hydrogen (secondary N) is 2. The number of nitrogens with zero attached hydrogens (tertiary/aromatic N) is 2. The van der Waals surface area contributed by atoms with Gasteiger partial charge >= 0.3 is 12.3 Å². The molecule has 2 N–H and O–H groups in total. The Labute approximate surface area is 236 Å². The summed E-state index contributed by atoms with van der Waals surface area (Å²) in [5.74, 6) is -6.27. The summed E-state index contributed by atoms with van der Waals surface area (Å²) in [6.07, 6.45) is -5.70. The standard InChI is InChI=1S/C25H28F6N4O6S/c1-14(26)24(27,28)13-40-16-4-5-17-15(10-16)6-7-23(17)11-18-20(22(37)33-23)21(32-19(36)12-42(2,38)39)35(34-18)8-3-9-41-25(29,30)31/h4-5,10,14H,3,6-9,11-13H2,1-2H3,(H,32,36)(H,33,37)/t14?,23-/m1/s1. The van der Waals surface area contributed by atoms with Crippen LogP contribution in [0.1, 0.15) is 46.9 Å². The summed E-state index contributed by atoms with van der Waals surface area (Å²) < 4.78 is 111. The lowest BCUT2D eigenvalue weighted by atomic mass is 9.82. The van der Waals surface area contributed by atoms with E-state index >= 15 is 0 Å². The maximum Gasteiger partial charge on any atom is 0.522 e. The molecule has 1 aliphatic carbocycles. The molecule has 1 spiro atoms. The number of alkyl halides is 6. The van der Waals surface area contributed by atoms with Gasteiger partial charge in [-0.3, -0.25) is 14.3 Å². The third-order valence-corrected chi connectivity index (χ3v) is 7.72. The van der Waals surface area contributed by atoms with Gasteiger partial charge in [-0.15, -0.1) is 13.2 Å². The molecule has 2 aliphatic rings. The number of fused-ring (bicyclic) bond motifs is 3. The van der Waals surface area contributed by atoms with Crippen molar-refractivity contribution in [1.29, 1.82) is 0 Å². The lowest BCUT2D eigenvalue weighted by molar-refractivity contribution is -0.324. The van der Waals surface area contributed by atoms with Crippen molar-refractivity contribution in [2.75, 3.05) is 30.5 Å². The zero-order chi connectivity index (χ0) is 31.1. The van der Waals surface area contributed by atoms with Crippen LogP contribution in [0.2, 0.25) is 0 Å². The van der Waals surface area contributed by atoms with Crippen LogP contribution in [0.4, 0.5) is 32.2 Å². The molecule has 0 saturated carbocycles. The molecule has 2 atom stereocenters. The number of rotatable bonds is 11. The molecule has 42 heavy (non-hydrogen) atoms. The van der Waals surface area contributed by atoms with Crippen LogP contribution < -0.4 is 15.4 Å². The average molecular weight is 627 g/mol. The number of benzene rings is 1. The van der Waals surface area contributed by atoms with Crippen molar-refractivity contribution >= 4 is 27.5 Å². The minimum absolute atomic E-state index is 0.0600. The molecule has 0 fully saturated rings. The maximum absolute atomic E-state index is 13.7. The minimum Gasteiger partial charge on any atom is -0.487 e. The van der Waals surface area contributed by atoms with Crippen LogP contribution in [-0.4, -0.2) is 73.7 Å². The molecule has 1 aromatic heterocycles. The Bertz CT molecular complexity index is 1480. The molecular formula is C25H28F6N4O6S. The van der Waals surface area contributed by atoms with Gasteiger partial charge in [0.15, 0.2) is 22.6 Å². The molecule has 0 saturated heterocycles. The second-order valence-electron chi connectivity index (χ2n) is 10.4. The number of carbonyl (C=O) groups excluding carboxylic acids is 2. The van der Waals surface area contributed by atoms with Gasteiger partial charge in [0.2, 0.25) is 5.91 Å². The Hall–Kier alpha value is -3.34.